The van der Waals surface area contributed by atoms with Gasteiger partial charge in [0, 0.05) is 5.92 Å². The molecule has 0 saturated heterocycles. The number of alkyl halides is 1. The third-order valence-corrected chi connectivity index (χ3v) is 4.08. The third-order valence-electron chi connectivity index (χ3n) is 4.08. The molecule has 3 unspecified atom stereocenters. The Hall–Kier alpha value is -0.660. The lowest BCUT2D eigenvalue weighted by molar-refractivity contribution is 0.245. The first-order valence-electron chi connectivity index (χ1n) is 6.26. The molecule has 90 valence electrons. The van der Waals surface area contributed by atoms with Crippen LogP contribution in [0.3, 0.4) is 0 Å². The largest absolute Gasteiger partial charge is 0.239 e. The first-order chi connectivity index (χ1) is 7.52. The minimum Gasteiger partial charge on any atom is -0.239 e. The Morgan fingerprint density at radius 2 is 2.06 bits per heavy atom. The van der Waals surface area contributed by atoms with Crippen molar-refractivity contribution in [3.63, 3.8) is 0 Å². The fourth-order valence-electron chi connectivity index (χ4n) is 3.08. The van der Waals surface area contributed by atoms with Gasteiger partial charge in [0.25, 0.3) is 0 Å². The van der Waals surface area contributed by atoms with Crippen LogP contribution in [0.25, 0.3) is 0 Å². The maximum absolute atomic E-state index is 13.6. The summed E-state index contributed by atoms with van der Waals surface area (Å²) in [5, 5.41) is 0. The number of halogens is 2. The van der Waals surface area contributed by atoms with Gasteiger partial charge in [0.05, 0.1) is 0 Å². The Bertz CT molecular complexity index is 339. The zero-order valence-corrected chi connectivity index (χ0v) is 10.3. The van der Waals surface area contributed by atoms with Crippen LogP contribution in [-0.4, -0.2) is 6.17 Å². The molecule has 2 aliphatic rings. The van der Waals surface area contributed by atoms with Gasteiger partial charge in [-0.25, -0.2) is 8.78 Å². The van der Waals surface area contributed by atoms with Crippen LogP contribution in [0.1, 0.15) is 40.0 Å². The Kier molecular flexibility index (Phi) is 3.18. The molecule has 0 aromatic carbocycles. The van der Waals surface area contributed by atoms with Gasteiger partial charge in [-0.05, 0) is 42.7 Å². The van der Waals surface area contributed by atoms with Gasteiger partial charge < -0.3 is 0 Å². The summed E-state index contributed by atoms with van der Waals surface area (Å²) < 4.78 is 27.1. The van der Waals surface area contributed by atoms with Crippen molar-refractivity contribution in [2.24, 2.45) is 17.8 Å². The topological polar surface area (TPSA) is 0 Å². The molecule has 0 heterocycles. The van der Waals surface area contributed by atoms with E-state index in [1.165, 1.54) is 11.6 Å². The SMILES string of the molecule is CC(C)C1CCCC2=C1C=C(F)C(F)C2C. The maximum atomic E-state index is 13.6. The van der Waals surface area contributed by atoms with Crippen LogP contribution in [-0.2, 0) is 0 Å². The molecular formula is C14H20F2. The highest BCUT2D eigenvalue weighted by molar-refractivity contribution is 5.39. The first-order valence-corrected chi connectivity index (χ1v) is 6.26. The molecule has 2 heteroatoms. The quantitative estimate of drug-likeness (QED) is 0.614. The highest BCUT2D eigenvalue weighted by Gasteiger charge is 2.35. The molecule has 0 amide bonds. The predicted molar refractivity (Wildman–Crippen MR) is 62.5 cm³/mol. The second kappa shape index (κ2) is 4.31. The Labute approximate surface area is 96.4 Å². The summed E-state index contributed by atoms with van der Waals surface area (Å²) in [5.74, 6) is 0.0995. The molecule has 0 nitrogen and oxygen atoms in total. The van der Waals surface area contributed by atoms with Crippen molar-refractivity contribution in [1.82, 2.24) is 0 Å². The van der Waals surface area contributed by atoms with Crippen molar-refractivity contribution in [2.75, 3.05) is 0 Å². The van der Waals surface area contributed by atoms with Crippen molar-refractivity contribution in [2.45, 2.75) is 46.2 Å². The van der Waals surface area contributed by atoms with Crippen LogP contribution in [0, 0.1) is 17.8 Å². The molecule has 0 bridgehead atoms. The van der Waals surface area contributed by atoms with Crippen LogP contribution in [0.4, 0.5) is 8.78 Å². The third kappa shape index (κ3) is 1.83. The minimum absolute atomic E-state index is 0.262. The van der Waals surface area contributed by atoms with Crippen molar-refractivity contribution in [3.05, 3.63) is 23.0 Å². The van der Waals surface area contributed by atoms with Crippen LogP contribution >= 0.6 is 0 Å². The van der Waals surface area contributed by atoms with Crippen molar-refractivity contribution < 1.29 is 8.78 Å². The first kappa shape index (κ1) is 11.8. The fourth-order valence-corrected chi connectivity index (χ4v) is 3.08. The molecule has 0 saturated carbocycles. The average molecular weight is 226 g/mol. The molecule has 3 atom stereocenters. The smallest absolute Gasteiger partial charge is 0.158 e. The lowest BCUT2D eigenvalue weighted by Crippen LogP contribution is -2.27. The van der Waals surface area contributed by atoms with Gasteiger partial charge in [-0.1, -0.05) is 26.3 Å². The molecule has 2 rings (SSSR count). The average Bonchev–Trinajstić information content (AvgIpc) is 2.25. The van der Waals surface area contributed by atoms with E-state index in [1.807, 2.05) is 6.92 Å². The Balaban J connectivity index is 2.40. The lowest BCUT2D eigenvalue weighted by Gasteiger charge is -2.36. The highest BCUT2D eigenvalue weighted by atomic mass is 19.2. The summed E-state index contributed by atoms with van der Waals surface area (Å²) >= 11 is 0. The van der Waals surface area contributed by atoms with Gasteiger partial charge in [0.15, 0.2) is 6.17 Å². The number of hydrogen-bond donors (Lipinski definition) is 0. The molecule has 0 aromatic rings. The van der Waals surface area contributed by atoms with Gasteiger partial charge in [-0.3, -0.25) is 0 Å². The maximum Gasteiger partial charge on any atom is 0.158 e. The van der Waals surface area contributed by atoms with E-state index in [4.69, 9.17) is 0 Å². The fraction of sp³-hybridized carbons (Fsp3) is 0.714. The van der Waals surface area contributed by atoms with Crippen molar-refractivity contribution in [3.8, 4) is 0 Å². The van der Waals surface area contributed by atoms with E-state index >= 15 is 0 Å². The highest BCUT2D eigenvalue weighted by Crippen LogP contribution is 2.44. The standard InChI is InChI=1S/C14H20F2/c1-8(2)10-5-4-6-11-9(3)14(16)13(15)7-12(10)11/h7-10,14H,4-6H2,1-3H3. The molecule has 16 heavy (non-hydrogen) atoms. The molecule has 0 fully saturated rings. The van der Waals surface area contributed by atoms with Gasteiger partial charge in [0.1, 0.15) is 5.83 Å². The van der Waals surface area contributed by atoms with Crippen LogP contribution in [0.5, 0.6) is 0 Å². The summed E-state index contributed by atoms with van der Waals surface area (Å²) in [6.45, 7) is 6.15. The summed E-state index contributed by atoms with van der Waals surface area (Å²) in [6.07, 6.45) is 3.25. The monoisotopic (exact) mass is 226 g/mol. The van der Waals surface area contributed by atoms with E-state index in [0.717, 1.165) is 24.8 Å². The molecule has 2 aliphatic carbocycles. The van der Waals surface area contributed by atoms with Crippen LogP contribution < -0.4 is 0 Å². The summed E-state index contributed by atoms with van der Waals surface area (Å²) in [7, 11) is 0. The van der Waals surface area contributed by atoms with Gasteiger partial charge in [-0.15, -0.1) is 0 Å². The molecular weight excluding hydrogens is 206 g/mol. The van der Waals surface area contributed by atoms with E-state index in [-0.39, 0.29) is 5.92 Å². The summed E-state index contributed by atoms with van der Waals surface area (Å²) in [4.78, 5) is 0. The van der Waals surface area contributed by atoms with E-state index in [0.29, 0.717) is 11.8 Å². The molecule has 0 spiro atoms. The van der Waals surface area contributed by atoms with E-state index in [2.05, 4.69) is 13.8 Å². The van der Waals surface area contributed by atoms with Gasteiger partial charge in [0.2, 0.25) is 0 Å². The normalized spacial score (nSPS) is 35.1. The van der Waals surface area contributed by atoms with E-state index in [9.17, 15) is 8.78 Å². The number of allylic oxidation sites excluding steroid dienone is 4. The second-order valence-electron chi connectivity index (χ2n) is 5.44. The Morgan fingerprint density at radius 1 is 1.38 bits per heavy atom. The molecule has 0 N–H and O–H groups in total. The molecule has 0 aromatic heterocycles. The van der Waals surface area contributed by atoms with Crippen LogP contribution in [0.15, 0.2) is 23.0 Å². The molecule has 0 aliphatic heterocycles. The van der Waals surface area contributed by atoms with Crippen LogP contribution in [0.2, 0.25) is 0 Å². The second-order valence-corrected chi connectivity index (χ2v) is 5.44. The zero-order valence-electron chi connectivity index (χ0n) is 10.3. The predicted octanol–water partition coefficient (Wildman–Crippen LogP) is 4.58. The number of rotatable bonds is 1. The van der Waals surface area contributed by atoms with Gasteiger partial charge in [-0.2, -0.15) is 0 Å². The number of hydrogen-bond acceptors (Lipinski definition) is 0. The lowest BCUT2D eigenvalue weighted by atomic mass is 9.70. The van der Waals surface area contributed by atoms with E-state index < -0.39 is 12.0 Å². The van der Waals surface area contributed by atoms with Gasteiger partial charge >= 0.3 is 0 Å². The zero-order chi connectivity index (χ0) is 11.9. The molecule has 0 radical (unpaired) electrons. The minimum atomic E-state index is -1.41. The Morgan fingerprint density at radius 3 is 2.69 bits per heavy atom. The summed E-state index contributed by atoms with van der Waals surface area (Å²) in [6, 6.07) is 0. The summed E-state index contributed by atoms with van der Waals surface area (Å²) in [5.41, 5.74) is 2.26. The van der Waals surface area contributed by atoms with E-state index in [1.54, 1.807) is 0 Å². The van der Waals surface area contributed by atoms with Crippen molar-refractivity contribution in [1.29, 1.82) is 0 Å². The van der Waals surface area contributed by atoms with Crippen molar-refractivity contribution >= 4 is 0 Å².